The lowest BCUT2D eigenvalue weighted by atomic mass is 9.67. The van der Waals surface area contributed by atoms with Gasteiger partial charge in [-0.2, -0.15) is 0 Å². The van der Waals surface area contributed by atoms with Gasteiger partial charge in [0, 0.05) is 0 Å². The second-order valence-corrected chi connectivity index (χ2v) is 5.78. The van der Waals surface area contributed by atoms with Gasteiger partial charge in [0.1, 0.15) is 0 Å². The minimum absolute atomic E-state index is 0.204. The van der Waals surface area contributed by atoms with Crippen molar-refractivity contribution in [3.8, 4) is 0 Å². The first kappa shape index (κ1) is 11.9. The molecule has 0 radical (unpaired) electrons. The summed E-state index contributed by atoms with van der Waals surface area (Å²) >= 11 is 0. The van der Waals surface area contributed by atoms with Crippen molar-refractivity contribution in [3.05, 3.63) is 23.8 Å². The molecular formula is C15H24O. The van der Waals surface area contributed by atoms with E-state index in [-0.39, 0.29) is 6.61 Å². The van der Waals surface area contributed by atoms with Gasteiger partial charge in [-0.15, -0.1) is 0 Å². The van der Waals surface area contributed by atoms with E-state index in [9.17, 15) is 0 Å². The maximum atomic E-state index is 9.13. The molecule has 2 aliphatic carbocycles. The van der Waals surface area contributed by atoms with Gasteiger partial charge in [0.15, 0.2) is 0 Å². The lowest BCUT2D eigenvalue weighted by Crippen LogP contribution is -2.29. The summed E-state index contributed by atoms with van der Waals surface area (Å²) in [5.41, 5.74) is 2.58. The summed E-state index contributed by atoms with van der Waals surface area (Å²) < 4.78 is 0. The second-order valence-electron chi connectivity index (χ2n) is 5.78. The van der Waals surface area contributed by atoms with Crippen LogP contribution in [0.25, 0.3) is 0 Å². The summed E-state index contributed by atoms with van der Waals surface area (Å²) in [5, 5.41) is 9.13. The van der Waals surface area contributed by atoms with Crippen LogP contribution in [0, 0.1) is 23.7 Å². The maximum Gasteiger partial charge on any atom is 0.0639 e. The number of fused-ring (bicyclic) bond motifs is 1. The van der Waals surface area contributed by atoms with Gasteiger partial charge in [0.25, 0.3) is 0 Å². The standard InChI is InChI=1S/C15H24O/c1-10(9-16)8-13-6-4-11(2)14-7-5-12(3)15(13)14/h8,11,13-16H,3-7,9H2,1-2H3/b10-8+/t11-,13-,14+,15-/m0/s1. The Morgan fingerprint density at radius 1 is 1.44 bits per heavy atom. The van der Waals surface area contributed by atoms with Gasteiger partial charge < -0.3 is 5.11 Å². The molecule has 0 aromatic carbocycles. The van der Waals surface area contributed by atoms with Gasteiger partial charge in [0.2, 0.25) is 0 Å². The molecule has 0 aromatic rings. The molecule has 2 rings (SSSR count). The quantitative estimate of drug-likeness (QED) is 0.706. The van der Waals surface area contributed by atoms with Crippen LogP contribution in [0.2, 0.25) is 0 Å². The van der Waals surface area contributed by atoms with Crippen molar-refractivity contribution in [1.29, 1.82) is 0 Å². The number of rotatable bonds is 2. The van der Waals surface area contributed by atoms with Gasteiger partial charge in [-0.1, -0.05) is 30.7 Å². The third kappa shape index (κ3) is 2.10. The first-order valence-electron chi connectivity index (χ1n) is 6.59. The lowest BCUT2D eigenvalue weighted by Gasteiger charge is -2.37. The Morgan fingerprint density at radius 2 is 2.19 bits per heavy atom. The zero-order valence-electron chi connectivity index (χ0n) is 10.6. The van der Waals surface area contributed by atoms with E-state index in [4.69, 9.17) is 5.11 Å². The molecule has 1 N–H and O–H groups in total. The van der Waals surface area contributed by atoms with Crippen molar-refractivity contribution < 1.29 is 5.11 Å². The molecule has 90 valence electrons. The van der Waals surface area contributed by atoms with E-state index < -0.39 is 0 Å². The van der Waals surface area contributed by atoms with Gasteiger partial charge in [0.05, 0.1) is 6.61 Å². The minimum atomic E-state index is 0.204. The fourth-order valence-electron chi connectivity index (χ4n) is 3.71. The molecule has 1 heteroatoms. The Kier molecular flexibility index (Phi) is 3.53. The average Bonchev–Trinajstić information content (AvgIpc) is 2.66. The number of aliphatic hydroxyl groups is 1. The third-order valence-corrected chi connectivity index (χ3v) is 4.63. The molecule has 0 spiro atoms. The van der Waals surface area contributed by atoms with Crippen molar-refractivity contribution in [2.24, 2.45) is 23.7 Å². The Labute approximate surface area is 99.3 Å². The normalized spacial score (nSPS) is 39.9. The Balaban J connectivity index is 2.17. The smallest absolute Gasteiger partial charge is 0.0639 e. The molecule has 0 aromatic heterocycles. The molecule has 0 aliphatic heterocycles. The van der Waals surface area contributed by atoms with Crippen LogP contribution in [0.15, 0.2) is 23.8 Å². The van der Waals surface area contributed by atoms with Crippen molar-refractivity contribution in [1.82, 2.24) is 0 Å². The highest BCUT2D eigenvalue weighted by atomic mass is 16.3. The number of aliphatic hydroxyl groups excluding tert-OH is 1. The van der Waals surface area contributed by atoms with Crippen LogP contribution in [0.3, 0.4) is 0 Å². The van der Waals surface area contributed by atoms with E-state index in [1.165, 1.54) is 31.3 Å². The van der Waals surface area contributed by atoms with Crippen LogP contribution >= 0.6 is 0 Å². The van der Waals surface area contributed by atoms with Crippen molar-refractivity contribution in [3.63, 3.8) is 0 Å². The van der Waals surface area contributed by atoms with Crippen molar-refractivity contribution >= 4 is 0 Å². The highest BCUT2D eigenvalue weighted by molar-refractivity contribution is 5.18. The fourth-order valence-corrected chi connectivity index (χ4v) is 3.71. The molecule has 1 nitrogen and oxygen atoms in total. The largest absolute Gasteiger partial charge is 0.392 e. The number of hydrogen-bond donors (Lipinski definition) is 1. The lowest BCUT2D eigenvalue weighted by molar-refractivity contribution is 0.172. The Bertz CT molecular complexity index is 303. The second kappa shape index (κ2) is 4.75. The van der Waals surface area contributed by atoms with Gasteiger partial charge in [-0.05, 0) is 56.3 Å². The predicted octanol–water partition coefficient (Wildman–Crippen LogP) is 3.55. The van der Waals surface area contributed by atoms with Crippen LogP contribution in [0.5, 0.6) is 0 Å². The molecule has 4 atom stereocenters. The third-order valence-electron chi connectivity index (χ3n) is 4.63. The zero-order valence-corrected chi connectivity index (χ0v) is 10.6. The summed E-state index contributed by atoms with van der Waals surface area (Å²) in [6, 6.07) is 0. The minimum Gasteiger partial charge on any atom is -0.392 e. The SMILES string of the molecule is C=C1CC[C@H]2[C@@H]1[C@H](/C=C(\C)CO)CC[C@@H]2C. The first-order chi connectivity index (χ1) is 7.63. The summed E-state index contributed by atoms with van der Waals surface area (Å²) in [4.78, 5) is 0. The topological polar surface area (TPSA) is 20.2 Å². The molecule has 0 saturated heterocycles. The monoisotopic (exact) mass is 220 g/mol. The highest BCUT2D eigenvalue weighted by Gasteiger charge is 2.41. The predicted molar refractivity (Wildman–Crippen MR) is 68.1 cm³/mol. The van der Waals surface area contributed by atoms with Crippen LogP contribution in [0.1, 0.15) is 39.5 Å². The molecule has 2 fully saturated rings. The summed E-state index contributed by atoms with van der Waals surface area (Å²) in [6.45, 7) is 8.90. The van der Waals surface area contributed by atoms with Gasteiger partial charge in [-0.25, -0.2) is 0 Å². The molecule has 0 heterocycles. The molecule has 0 amide bonds. The van der Waals surface area contributed by atoms with Crippen LogP contribution in [0.4, 0.5) is 0 Å². The average molecular weight is 220 g/mol. The maximum absolute atomic E-state index is 9.13. The first-order valence-corrected chi connectivity index (χ1v) is 6.59. The van der Waals surface area contributed by atoms with Crippen molar-refractivity contribution in [2.45, 2.75) is 39.5 Å². The number of hydrogen-bond acceptors (Lipinski definition) is 1. The zero-order chi connectivity index (χ0) is 11.7. The fraction of sp³-hybridized carbons (Fsp3) is 0.733. The summed E-state index contributed by atoms with van der Waals surface area (Å²) in [5.74, 6) is 3.06. The van der Waals surface area contributed by atoms with E-state index >= 15 is 0 Å². The summed E-state index contributed by atoms with van der Waals surface area (Å²) in [7, 11) is 0. The summed E-state index contributed by atoms with van der Waals surface area (Å²) in [6.07, 6.45) is 7.49. The molecule has 16 heavy (non-hydrogen) atoms. The number of allylic oxidation sites excluding steroid dienone is 2. The molecule has 0 unspecified atom stereocenters. The highest BCUT2D eigenvalue weighted by Crippen LogP contribution is 2.50. The van der Waals surface area contributed by atoms with Crippen LogP contribution < -0.4 is 0 Å². The van der Waals surface area contributed by atoms with Crippen LogP contribution in [-0.2, 0) is 0 Å². The van der Waals surface area contributed by atoms with E-state index in [1.807, 2.05) is 6.92 Å². The molecule has 2 aliphatic rings. The van der Waals surface area contributed by atoms with Gasteiger partial charge >= 0.3 is 0 Å². The Morgan fingerprint density at radius 3 is 2.88 bits per heavy atom. The van der Waals surface area contributed by atoms with Crippen LogP contribution in [-0.4, -0.2) is 11.7 Å². The Hall–Kier alpha value is -0.560. The van der Waals surface area contributed by atoms with E-state index in [2.05, 4.69) is 19.6 Å². The van der Waals surface area contributed by atoms with E-state index in [0.29, 0.717) is 11.8 Å². The molecule has 0 bridgehead atoms. The van der Waals surface area contributed by atoms with E-state index in [0.717, 1.165) is 17.4 Å². The van der Waals surface area contributed by atoms with Crippen molar-refractivity contribution in [2.75, 3.05) is 6.61 Å². The molecule has 2 saturated carbocycles. The van der Waals surface area contributed by atoms with E-state index in [1.54, 1.807) is 0 Å². The van der Waals surface area contributed by atoms with Gasteiger partial charge in [-0.3, -0.25) is 0 Å². The molecular weight excluding hydrogens is 196 g/mol.